The molecule has 1 aromatic rings. The van der Waals surface area contributed by atoms with Gasteiger partial charge in [0.15, 0.2) is 5.76 Å². The molecule has 0 saturated carbocycles. The van der Waals surface area contributed by atoms with Gasteiger partial charge in [0.25, 0.3) is 5.91 Å². The third-order valence-corrected chi connectivity index (χ3v) is 5.90. The molecule has 3 aliphatic heterocycles. The molecule has 4 rings (SSSR count). The van der Waals surface area contributed by atoms with E-state index in [2.05, 4.69) is 17.1 Å². The van der Waals surface area contributed by atoms with E-state index in [0.29, 0.717) is 45.2 Å². The highest BCUT2D eigenvalue weighted by Gasteiger charge is 2.40. The van der Waals surface area contributed by atoms with Gasteiger partial charge in [-0.25, -0.2) is 0 Å². The molecule has 1 aromatic heterocycles. The van der Waals surface area contributed by atoms with Gasteiger partial charge < -0.3 is 24.1 Å². The van der Waals surface area contributed by atoms with Crippen LogP contribution in [0.3, 0.4) is 0 Å². The topological polar surface area (TPSA) is 67.2 Å². The standard InChI is InChI=1S/C20H31N3O4/c1-16-4-7-22(8-5-16)12-17-2-3-18(27-17)19(24)23-9-11-26-20(14-23)13-21-6-10-25-15-20/h2-3,16,21H,4-15H2,1H3/t20-/m0/s1. The number of rotatable bonds is 3. The van der Waals surface area contributed by atoms with Crippen LogP contribution in [0.5, 0.6) is 0 Å². The van der Waals surface area contributed by atoms with E-state index in [1.165, 1.54) is 12.8 Å². The summed E-state index contributed by atoms with van der Waals surface area (Å²) in [5.74, 6) is 2.05. The molecule has 7 nitrogen and oxygen atoms in total. The first-order valence-electron chi connectivity index (χ1n) is 10.2. The first-order valence-corrected chi connectivity index (χ1v) is 10.2. The zero-order valence-corrected chi connectivity index (χ0v) is 16.2. The first kappa shape index (κ1) is 18.9. The molecule has 1 spiro atoms. The number of morpholine rings is 1. The SMILES string of the molecule is CC1CCN(Cc2ccc(C(=O)N3CCO[C@@]4(CNCCOC4)C3)o2)CC1. The van der Waals surface area contributed by atoms with Crippen LogP contribution >= 0.6 is 0 Å². The maximum Gasteiger partial charge on any atom is 0.289 e. The Bertz CT molecular complexity index is 631. The molecular formula is C20H31N3O4. The predicted octanol–water partition coefficient (Wildman–Crippen LogP) is 1.34. The molecule has 0 radical (unpaired) electrons. The summed E-state index contributed by atoms with van der Waals surface area (Å²) in [5.41, 5.74) is -0.454. The zero-order chi connectivity index (χ0) is 18.7. The van der Waals surface area contributed by atoms with Gasteiger partial charge in [-0.2, -0.15) is 0 Å². The van der Waals surface area contributed by atoms with Crippen molar-refractivity contribution in [2.24, 2.45) is 5.92 Å². The van der Waals surface area contributed by atoms with E-state index in [1.54, 1.807) is 0 Å². The lowest BCUT2D eigenvalue weighted by Gasteiger charge is -2.41. The fourth-order valence-corrected chi connectivity index (χ4v) is 4.16. The first-order chi connectivity index (χ1) is 13.1. The van der Waals surface area contributed by atoms with Gasteiger partial charge in [-0.1, -0.05) is 6.92 Å². The maximum absolute atomic E-state index is 13.0. The Morgan fingerprint density at radius 1 is 1.26 bits per heavy atom. The van der Waals surface area contributed by atoms with Crippen LogP contribution in [0.15, 0.2) is 16.5 Å². The molecule has 0 aromatic carbocycles. The van der Waals surface area contributed by atoms with Crippen LogP contribution in [0.4, 0.5) is 0 Å². The van der Waals surface area contributed by atoms with Crippen LogP contribution in [-0.2, 0) is 16.0 Å². The molecule has 0 unspecified atom stereocenters. The Morgan fingerprint density at radius 3 is 2.96 bits per heavy atom. The van der Waals surface area contributed by atoms with Crippen molar-refractivity contribution >= 4 is 5.91 Å². The summed E-state index contributed by atoms with van der Waals surface area (Å²) in [4.78, 5) is 17.2. The second-order valence-corrected chi connectivity index (χ2v) is 8.21. The molecule has 0 bridgehead atoms. The molecule has 4 heterocycles. The second-order valence-electron chi connectivity index (χ2n) is 8.21. The number of furan rings is 1. The lowest BCUT2D eigenvalue weighted by atomic mass is 9.99. The smallest absolute Gasteiger partial charge is 0.289 e. The van der Waals surface area contributed by atoms with Crippen molar-refractivity contribution in [3.63, 3.8) is 0 Å². The third kappa shape index (κ3) is 4.54. The average Bonchev–Trinajstić information content (AvgIpc) is 3.03. The Balaban J connectivity index is 1.37. The van der Waals surface area contributed by atoms with Gasteiger partial charge in [0.1, 0.15) is 11.4 Å². The van der Waals surface area contributed by atoms with Crippen molar-refractivity contribution in [3.05, 3.63) is 23.7 Å². The van der Waals surface area contributed by atoms with Crippen molar-refractivity contribution in [2.45, 2.75) is 31.9 Å². The number of nitrogens with one attached hydrogen (secondary N) is 1. The summed E-state index contributed by atoms with van der Waals surface area (Å²) < 4.78 is 17.6. The van der Waals surface area contributed by atoms with Gasteiger partial charge in [0, 0.05) is 19.6 Å². The Kier molecular flexibility index (Phi) is 5.82. The molecule has 0 aliphatic carbocycles. The number of nitrogens with zero attached hydrogens (tertiary/aromatic N) is 2. The monoisotopic (exact) mass is 377 g/mol. The fourth-order valence-electron chi connectivity index (χ4n) is 4.16. The summed E-state index contributed by atoms with van der Waals surface area (Å²) in [6.07, 6.45) is 2.47. The van der Waals surface area contributed by atoms with Gasteiger partial charge in [-0.05, 0) is 44.0 Å². The van der Waals surface area contributed by atoms with Crippen LogP contribution in [0.2, 0.25) is 0 Å². The van der Waals surface area contributed by atoms with E-state index >= 15 is 0 Å². The fraction of sp³-hybridized carbons (Fsp3) is 0.750. The molecule has 1 amide bonds. The summed E-state index contributed by atoms with van der Waals surface area (Å²) in [6, 6.07) is 3.76. The van der Waals surface area contributed by atoms with Crippen molar-refractivity contribution in [1.82, 2.24) is 15.1 Å². The van der Waals surface area contributed by atoms with Crippen LogP contribution in [0, 0.1) is 5.92 Å². The molecule has 27 heavy (non-hydrogen) atoms. The zero-order valence-electron chi connectivity index (χ0n) is 16.2. The van der Waals surface area contributed by atoms with Crippen molar-refractivity contribution < 1.29 is 18.7 Å². The lowest BCUT2D eigenvalue weighted by molar-refractivity contribution is -0.126. The second kappa shape index (κ2) is 8.31. The molecule has 3 saturated heterocycles. The van der Waals surface area contributed by atoms with Gasteiger partial charge in [0.2, 0.25) is 0 Å². The molecule has 1 N–H and O–H groups in total. The molecule has 3 aliphatic rings. The lowest BCUT2D eigenvalue weighted by Crippen LogP contribution is -2.59. The van der Waals surface area contributed by atoms with Crippen molar-refractivity contribution in [2.75, 3.05) is 59.1 Å². The van der Waals surface area contributed by atoms with Crippen molar-refractivity contribution in [1.29, 1.82) is 0 Å². The highest BCUT2D eigenvalue weighted by atomic mass is 16.5. The Hall–Kier alpha value is -1.41. The van der Waals surface area contributed by atoms with E-state index in [-0.39, 0.29) is 5.91 Å². The Labute approximate surface area is 161 Å². The number of ether oxygens (including phenoxy) is 2. The Morgan fingerprint density at radius 2 is 2.11 bits per heavy atom. The van der Waals surface area contributed by atoms with Crippen molar-refractivity contribution in [3.8, 4) is 0 Å². The molecule has 7 heteroatoms. The highest BCUT2D eigenvalue weighted by molar-refractivity contribution is 5.91. The largest absolute Gasteiger partial charge is 0.455 e. The number of amides is 1. The number of carbonyl (C=O) groups is 1. The van der Waals surface area contributed by atoms with Gasteiger partial charge >= 0.3 is 0 Å². The predicted molar refractivity (Wildman–Crippen MR) is 101 cm³/mol. The number of carbonyl (C=O) groups excluding carboxylic acids is 1. The maximum atomic E-state index is 13.0. The molecule has 150 valence electrons. The van der Waals surface area contributed by atoms with E-state index in [9.17, 15) is 4.79 Å². The third-order valence-electron chi connectivity index (χ3n) is 5.90. The van der Waals surface area contributed by atoms with E-state index in [0.717, 1.165) is 37.9 Å². The molecule has 1 atom stereocenters. The quantitative estimate of drug-likeness (QED) is 0.858. The summed E-state index contributed by atoms with van der Waals surface area (Å²) >= 11 is 0. The van der Waals surface area contributed by atoms with E-state index in [4.69, 9.17) is 13.9 Å². The van der Waals surface area contributed by atoms with Gasteiger partial charge in [-0.15, -0.1) is 0 Å². The minimum Gasteiger partial charge on any atom is -0.455 e. The normalized spacial score (nSPS) is 28.4. The minimum absolute atomic E-state index is 0.0551. The number of likely N-dealkylation sites (tertiary alicyclic amines) is 1. The molecular weight excluding hydrogens is 346 g/mol. The van der Waals surface area contributed by atoms with E-state index in [1.807, 2.05) is 17.0 Å². The highest BCUT2D eigenvalue weighted by Crippen LogP contribution is 2.23. The van der Waals surface area contributed by atoms with E-state index < -0.39 is 5.60 Å². The van der Waals surface area contributed by atoms with Gasteiger partial charge in [0.05, 0.1) is 32.9 Å². The number of piperidine rings is 1. The average molecular weight is 377 g/mol. The van der Waals surface area contributed by atoms with Crippen LogP contribution in [0.25, 0.3) is 0 Å². The number of hydrogen-bond donors (Lipinski definition) is 1. The van der Waals surface area contributed by atoms with Gasteiger partial charge in [-0.3, -0.25) is 9.69 Å². The molecule has 3 fully saturated rings. The van der Waals surface area contributed by atoms with Crippen LogP contribution in [-0.4, -0.2) is 80.4 Å². The van der Waals surface area contributed by atoms with Crippen LogP contribution in [0.1, 0.15) is 36.1 Å². The minimum atomic E-state index is -0.454. The summed E-state index contributed by atoms with van der Waals surface area (Å²) in [7, 11) is 0. The summed E-state index contributed by atoms with van der Waals surface area (Å²) in [6.45, 7) is 9.64. The summed E-state index contributed by atoms with van der Waals surface area (Å²) in [5, 5.41) is 3.34. The number of hydrogen-bond acceptors (Lipinski definition) is 6. The van der Waals surface area contributed by atoms with Crippen LogP contribution < -0.4 is 5.32 Å².